The van der Waals surface area contributed by atoms with Crippen molar-refractivity contribution in [3.63, 3.8) is 0 Å². The zero-order valence-electron chi connectivity index (χ0n) is 19.4. The van der Waals surface area contributed by atoms with Crippen LogP contribution in [0.1, 0.15) is 41.2 Å². The van der Waals surface area contributed by atoms with E-state index in [9.17, 15) is 9.59 Å². The summed E-state index contributed by atoms with van der Waals surface area (Å²) in [5.74, 6) is -0.224. The molecule has 7 heteroatoms. The highest BCUT2D eigenvalue weighted by Crippen LogP contribution is 2.41. The number of aromatic nitrogens is 1. The van der Waals surface area contributed by atoms with Crippen LogP contribution in [0.25, 0.3) is 22.8 Å². The number of aryl methyl sites for hydroxylation is 1. The molecule has 2 aliphatic rings. The van der Waals surface area contributed by atoms with Crippen LogP contribution in [-0.4, -0.2) is 46.9 Å². The molecule has 0 aliphatic carbocycles. The van der Waals surface area contributed by atoms with E-state index >= 15 is 0 Å². The maximum atomic E-state index is 13.5. The van der Waals surface area contributed by atoms with Gasteiger partial charge in [0.15, 0.2) is 0 Å². The minimum Gasteiger partial charge on any atom is -0.358 e. The number of rotatable bonds is 3. The molecule has 0 unspecified atom stereocenters. The monoisotopic (exact) mass is 474 g/mol. The van der Waals surface area contributed by atoms with Crippen molar-refractivity contribution in [3.05, 3.63) is 76.1 Å². The topological polar surface area (TPSA) is 77.2 Å². The number of carbonyl (C=O) groups excluding carboxylic acids is 2. The van der Waals surface area contributed by atoms with E-state index in [2.05, 4.69) is 29.5 Å². The van der Waals surface area contributed by atoms with Crippen LogP contribution in [0.5, 0.6) is 0 Å². The third-order valence-corrected chi connectivity index (χ3v) is 6.54. The molecular formula is C27H27ClN4O2. The zero-order valence-corrected chi connectivity index (χ0v) is 20.2. The normalized spacial score (nSPS) is 21.0. The minimum atomic E-state index is -0.195. The number of fused-ring (bicyclic) bond motifs is 1. The average Bonchev–Trinajstić information content (AvgIpc) is 3.31. The van der Waals surface area contributed by atoms with Crippen molar-refractivity contribution in [2.24, 2.45) is 0 Å². The fraction of sp³-hybridized carbons (Fsp3) is 0.259. The molecule has 2 atom stereocenters. The third-order valence-electron chi connectivity index (χ3n) is 6.31. The molecular weight excluding hydrogens is 448 g/mol. The summed E-state index contributed by atoms with van der Waals surface area (Å²) >= 11 is 6.24. The number of hydrogen-bond acceptors (Lipinski definition) is 3. The molecule has 0 spiro atoms. The molecule has 3 N–H and O–H groups in total. The van der Waals surface area contributed by atoms with Crippen molar-refractivity contribution >= 4 is 40.8 Å². The van der Waals surface area contributed by atoms with Gasteiger partial charge < -0.3 is 20.5 Å². The SMILES string of the molecule is Cc1cc(C(=O)N2C[C@@H](C)N[C@H](C)C2)c(C=C2C(=O)Nc3cccc(-c4cccc(Cl)c4)c32)[nH]1. The number of carbonyl (C=O) groups is 2. The molecule has 1 fully saturated rings. The van der Waals surface area contributed by atoms with Crippen LogP contribution in [0.15, 0.2) is 48.5 Å². The van der Waals surface area contributed by atoms with E-state index in [0.717, 1.165) is 28.1 Å². The Labute approximate surface area is 204 Å². The summed E-state index contributed by atoms with van der Waals surface area (Å²) in [7, 11) is 0. The molecule has 5 rings (SSSR count). The number of nitrogens with one attached hydrogen (secondary N) is 3. The minimum absolute atomic E-state index is 0.0295. The predicted octanol–water partition coefficient (Wildman–Crippen LogP) is 4.96. The van der Waals surface area contributed by atoms with Crippen LogP contribution in [0, 0.1) is 6.92 Å². The molecule has 0 saturated carbocycles. The lowest BCUT2D eigenvalue weighted by Gasteiger charge is -2.36. The van der Waals surface area contributed by atoms with Crippen molar-refractivity contribution in [2.45, 2.75) is 32.9 Å². The van der Waals surface area contributed by atoms with E-state index in [4.69, 9.17) is 11.6 Å². The lowest BCUT2D eigenvalue weighted by molar-refractivity contribution is -0.110. The number of piperazine rings is 1. The van der Waals surface area contributed by atoms with E-state index in [1.165, 1.54) is 0 Å². The molecule has 6 nitrogen and oxygen atoms in total. The average molecular weight is 475 g/mol. The summed E-state index contributed by atoms with van der Waals surface area (Å²) in [4.78, 5) is 31.7. The number of nitrogens with zero attached hydrogens (tertiary/aromatic N) is 1. The van der Waals surface area contributed by atoms with Crippen LogP contribution in [0.2, 0.25) is 5.02 Å². The smallest absolute Gasteiger partial charge is 0.256 e. The zero-order chi connectivity index (χ0) is 24.0. The summed E-state index contributed by atoms with van der Waals surface area (Å²) in [6, 6.07) is 15.7. The van der Waals surface area contributed by atoms with Gasteiger partial charge in [0, 0.05) is 47.1 Å². The highest BCUT2D eigenvalue weighted by molar-refractivity contribution is 6.36. The van der Waals surface area contributed by atoms with Crippen LogP contribution >= 0.6 is 11.6 Å². The van der Waals surface area contributed by atoms with Crippen molar-refractivity contribution in [1.82, 2.24) is 15.2 Å². The molecule has 3 aromatic rings. The second kappa shape index (κ2) is 8.78. The van der Waals surface area contributed by atoms with Gasteiger partial charge >= 0.3 is 0 Å². The Bertz CT molecular complexity index is 1320. The molecule has 2 amide bonds. The summed E-state index contributed by atoms with van der Waals surface area (Å²) in [5.41, 5.74) is 5.99. The Morgan fingerprint density at radius 1 is 1.09 bits per heavy atom. The first-order valence-corrected chi connectivity index (χ1v) is 11.8. The number of H-pyrrole nitrogens is 1. The molecule has 1 aromatic heterocycles. The van der Waals surface area contributed by atoms with Gasteiger partial charge in [-0.3, -0.25) is 9.59 Å². The van der Waals surface area contributed by atoms with E-state index < -0.39 is 0 Å². The maximum absolute atomic E-state index is 13.5. The van der Waals surface area contributed by atoms with E-state index in [1.807, 2.05) is 60.4 Å². The highest BCUT2D eigenvalue weighted by Gasteiger charge is 2.30. The quantitative estimate of drug-likeness (QED) is 0.469. The van der Waals surface area contributed by atoms with Crippen molar-refractivity contribution in [3.8, 4) is 11.1 Å². The molecule has 174 valence electrons. The van der Waals surface area contributed by atoms with Crippen LogP contribution in [0.4, 0.5) is 5.69 Å². The number of benzene rings is 2. The van der Waals surface area contributed by atoms with Crippen LogP contribution < -0.4 is 10.6 Å². The Balaban J connectivity index is 1.58. The summed E-state index contributed by atoms with van der Waals surface area (Å²) < 4.78 is 0. The van der Waals surface area contributed by atoms with Crippen molar-refractivity contribution in [1.29, 1.82) is 0 Å². The first-order valence-electron chi connectivity index (χ1n) is 11.5. The Kier molecular flexibility index (Phi) is 5.80. The second-order valence-electron chi connectivity index (χ2n) is 9.21. The lowest BCUT2D eigenvalue weighted by atomic mass is 9.94. The number of aromatic amines is 1. The van der Waals surface area contributed by atoms with Crippen LogP contribution in [0.3, 0.4) is 0 Å². The van der Waals surface area contributed by atoms with Gasteiger partial charge in [-0.1, -0.05) is 35.9 Å². The van der Waals surface area contributed by atoms with Crippen LogP contribution in [-0.2, 0) is 4.79 Å². The molecule has 1 saturated heterocycles. The van der Waals surface area contributed by atoms with Gasteiger partial charge in [-0.2, -0.15) is 0 Å². The number of hydrogen-bond donors (Lipinski definition) is 3. The Morgan fingerprint density at radius 2 is 1.82 bits per heavy atom. The summed E-state index contributed by atoms with van der Waals surface area (Å²) in [5, 5.41) is 7.06. The third kappa shape index (κ3) is 4.15. The molecule has 0 bridgehead atoms. The summed E-state index contributed by atoms with van der Waals surface area (Å²) in [6.45, 7) is 7.37. The molecule has 2 aromatic carbocycles. The van der Waals surface area contributed by atoms with Crippen molar-refractivity contribution < 1.29 is 9.59 Å². The number of anilines is 1. The van der Waals surface area contributed by atoms with Gasteiger partial charge in [0.2, 0.25) is 0 Å². The standard InChI is InChI=1S/C27H27ClN4O2/c1-15-10-21(27(34)32-13-16(2)29-17(3)14-32)24(30-15)12-22-25-20(18-6-4-7-19(28)11-18)8-5-9-23(25)31-26(22)33/h4-12,16-17,29-30H,13-14H2,1-3H3,(H,31,33)/t16-,17-/m1/s1. The van der Waals surface area contributed by atoms with Gasteiger partial charge in [-0.25, -0.2) is 0 Å². The first-order chi connectivity index (χ1) is 16.3. The van der Waals surface area contributed by atoms with Gasteiger partial charge in [0.05, 0.1) is 16.8 Å². The predicted molar refractivity (Wildman–Crippen MR) is 137 cm³/mol. The van der Waals surface area contributed by atoms with Crippen molar-refractivity contribution in [2.75, 3.05) is 18.4 Å². The fourth-order valence-electron chi connectivity index (χ4n) is 4.99. The van der Waals surface area contributed by atoms with E-state index in [0.29, 0.717) is 34.9 Å². The Hall–Kier alpha value is -3.35. The number of amides is 2. The van der Waals surface area contributed by atoms with Gasteiger partial charge in [0.1, 0.15) is 0 Å². The molecule has 34 heavy (non-hydrogen) atoms. The number of halogens is 1. The fourth-order valence-corrected chi connectivity index (χ4v) is 5.18. The maximum Gasteiger partial charge on any atom is 0.256 e. The molecule has 3 heterocycles. The van der Waals surface area contributed by atoms with E-state index in [1.54, 1.807) is 6.08 Å². The van der Waals surface area contributed by atoms with E-state index in [-0.39, 0.29) is 23.9 Å². The lowest BCUT2D eigenvalue weighted by Crippen LogP contribution is -2.55. The van der Waals surface area contributed by atoms with Gasteiger partial charge in [-0.15, -0.1) is 0 Å². The van der Waals surface area contributed by atoms with Gasteiger partial charge in [0.25, 0.3) is 11.8 Å². The molecule has 0 radical (unpaired) electrons. The molecule has 2 aliphatic heterocycles. The van der Waals surface area contributed by atoms with Gasteiger partial charge in [-0.05, 0) is 62.2 Å². The first kappa shape index (κ1) is 22.4. The Morgan fingerprint density at radius 3 is 2.56 bits per heavy atom. The second-order valence-corrected chi connectivity index (χ2v) is 9.65. The highest BCUT2D eigenvalue weighted by atomic mass is 35.5. The largest absolute Gasteiger partial charge is 0.358 e. The summed E-state index contributed by atoms with van der Waals surface area (Å²) in [6.07, 6.45) is 1.80.